The lowest BCUT2D eigenvalue weighted by molar-refractivity contribution is -0.231. The number of hydrogen-bond donors (Lipinski definition) is 4. The van der Waals surface area contributed by atoms with Gasteiger partial charge in [-0.15, -0.1) is 0 Å². The van der Waals surface area contributed by atoms with E-state index in [0.717, 1.165) is 0 Å². The third kappa shape index (κ3) is 3.74. The van der Waals surface area contributed by atoms with Crippen LogP contribution in [0.25, 0.3) is 22.3 Å². The maximum Gasteiger partial charge on any atom is 0.193 e. The molecule has 0 bridgehead atoms. The number of aliphatic hydroxyl groups is 4. The molecule has 1 fully saturated rings. The predicted octanol–water partition coefficient (Wildman–Crippen LogP) is 0.992. The van der Waals surface area contributed by atoms with Crippen LogP contribution in [-0.4, -0.2) is 65.7 Å². The molecule has 1 aliphatic rings. The van der Waals surface area contributed by atoms with E-state index in [0.29, 0.717) is 11.3 Å². The fourth-order valence-corrected chi connectivity index (χ4v) is 3.91. The maximum absolute atomic E-state index is 12.9. The summed E-state index contributed by atoms with van der Waals surface area (Å²) in [4.78, 5) is 12.9. The van der Waals surface area contributed by atoms with Crippen molar-refractivity contribution in [1.82, 2.24) is 0 Å². The van der Waals surface area contributed by atoms with Crippen LogP contribution in [0.5, 0.6) is 11.5 Å². The lowest BCUT2D eigenvalue weighted by Crippen LogP contribution is -2.55. The number of aliphatic hydroxyl groups excluding tert-OH is 4. The molecule has 3 aromatic rings. The first-order valence-electron chi connectivity index (χ1n) is 9.99. The minimum Gasteiger partial charge on any atom is -0.497 e. The summed E-state index contributed by atoms with van der Waals surface area (Å²) in [5, 5.41) is 40.8. The maximum atomic E-state index is 12.9. The molecule has 1 aromatic heterocycles. The lowest BCUT2D eigenvalue weighted by Gasteiger charge is -2.40. The fourth-order valence-electron chi connectivity index (χ4n) is 3.91. The largest absolute Gasteiger partial charge is 0.497 e. The van der Waals surface area contributed by atoms with Crippen molar-refractivity contribution in [1.29, 1.82) is 0 Å². The van der Waals surface area contributed by atoms with Gasteiger partial charge in [-0.05, 0) is 36.4 Å². The van der Waals surface area contributed by atoms with E-state index in [-0.39, 0.29) is 33.5 Å². The molecule has 4 N–H and O–H groups in total. The van der Waals surface area contributed by atoms with E-state index in [1.807, 2.05) is 0 Å². The molecule has 32 heavy (non-hydrogen) atoms. The van der Waals surface area contributed by atoms with Crippen LogP contribution in [0.1, 0.15) is 11.7 Å². The normalized spacial score (nSPS) is 25.6. The average molecular weight is 444 g/mol. The number of rotatable bonds is 5. The van der Waals surface area contributed by atoms with Gasteiger partial charge < -0.3 is 39.1 Å². The molecule has 0 saturated carbocycles. The van der Waals surface area contributed by atoms with Crippen molar-refractivity contribution in [2.45, 2.75) is 30.5 Å². The number of hydrogen-bond acceptors (Lipinski definition) is 9. The van der Waals surface area contributed by atoms with Gasteiger partial charge in [-0.1, -0.05) is 0 Å². The smallest absolute Gasteiger partial charge is 0.193 e. The highest BCUT2D eigenvalue weighted by Gasteiger charge is 2.45. The zero-order chi connectivity index (χ0) is 23.0. The first-order chi connectivity index (χ1) is 15.4. The Balaban J connectivity index is 1.92. The van der Waals surface area contributed by atoms with Crippen molar-refractivity contribution in [3.63, 3.8) is 0 Å². The molecule has 2 heterocycles. The second-order valence-corrected chi connectivity index (χ2v) is 7.51. The molecule has 1 saturated heterocycles. The van der Waals surface area contributed by atoms with Gasteiger partial charge in [-0.2, -0.15) is 0 Å². The number of fused-ring (bicyclic) bond motifs is 1. The van der Waals surface area contributed by atoms with E-state index in [4.69, 9.17) is 18.6 Å². The molecule has 170 valence electrons. The van der Waals surface area contributed by atoms with Crippen LogP contribution in [0.2, 0.25) is 0 Å². The molecular formula is C23H24O9. The van der Waals surface area contributed by atoms with Crippen molar-refractivity contribution in [3.05, 3.63) is 58.3 Å². The van der Waals surface area contributed by atoms with Crippen LogP contribution in [0, 0.1) is 0 Å². The van der Waals surface area contributed by atoms with Crippen molar-refractivity contribution >= 4 is 11.0 Å². The average Bonchev–Trinajstić information content (AvgIpc) is 2.82. The summed E-state index contributed by atoms with van der Waals surface area (Å²) in [5.41, 5.74) is 0.583. The third-order valence-electron chi connectivity index (χ3n) is 5.67. The van der Waals surface area contributed by atoms with Crippen LogP contribution in [0.3, 0.4) is 0 Å². The quantitative estimate of drug-likeness (QED) is 0.454. The van der Waals surface area contributed by atoms with Gasteiger partial charge in [0.2, 0.25) is 0 Å². The van der Waals surface area contributed by atoms with Gasteiger partial charge in [0, 0.05) is 11.6 Å². The Labute approximate surface area is 183 Å². The van der Waals surface area contributed by atoms with Gasteiger partial charge in [0.15, 0.2) is 5.43 Å². The molecule has 0 amide bonds. The highest BCUT2D eigenvalue weighted by Crippen LogP contribution is 2.41. The lowest BCUT2D eigenvalue weighted by atomic mass is 9.90. The van der Waals surface area contributed by atoms with Gasteiger partial charge in [0.05, 0.1) is 31.8 Å². The summed E-state index contributed by atoms with van der Waals surface area (Å²) in [6.07, 6.45) is -7.05. The number of ether oxygens (including phenoxy) is 3. The Morgan fingerprint density at radius 1 is 0.938 bits per heavy atom. The van der Waals surface area contributed by atoms with E-state index in [1.54, 1.807) is 31.4 Å². The molecule has 4 rings (SSSR count). The zero-order valence-electron chi connectivity index (χ0n) is 17.5. The van der Waals surface area contributed by atoms with Crippen molar-refractivity contribution < 1.29 is 39.1 Å². The van der Waals surface area contributed by atoms with E-state index < -0.39 is 37.1 Å². The van der Waals surface area contributed by atoms with Crippen LogP contribution in [0.15, 0.2) is 51.7 Å². The summed E-state index contributed by atoms with van der Waals surface area (Å²) >= 11 is 0. The van der Waals surface area contributed by atoms with Crippen LogP contribution in [0.4, 0.5) is 0 Å². The molecule has 5 atom stereocenters. The summed E-state index contributed by atoms with van der Waals surface area (Å²) in [6.45, 7) is -0.588. The summed E-state index contributed by atoms with van der Waals surface area (Å²) in [7, 11) is 2.95. The highest BCUT2D eigenvalue weighted by atomic mass is 16.5. The number of benzene rings is 2. The van der Waals surface area contributed by atoms with Gasteiger partial charge in [-0.3, -0.25) is 4.79 Å². The Kier molecular flexibility index (Phi) is 6.18. The molecule has 0 radical (unpaired) electrons. The zero-order valence-corrected chi connectivity index (χ0v) is 17.5. The van der Waals surface area contributed by atoms with E-state index >= 15 is 0 Å². The summed E-state index contributed by atoms with van der Waals surface area (Å²) in [5.74, 6) is 1.15. The van der Waals surface area contributed by atoms with E-state index in [9.17, 15) is 25.2 Å². The van der Waals surface area contributed by atoms with E-state index in [1.165, 1.54) is 25.3 Å². The Bertz CT molecular complexity index is 1150. The van der Waals surface area contributed by atoms with Gasteiger partial charge in [-0.25, -0.2) is 0 Å². The molecule has 0 unspecified atom stereocenters. The Morgan fingerprint density at radius 2 is 1.66 bits per heavy atom. The number of methoxy groups -OCH3 is 2. The summed E-state index contributed by atoms with van der Waals surface area (Å²) < 4.78 is 22.4. The molecule has 0 spiro atoms. The van der Waals surface area contributed by atoms with Crippen molar-refractivity contribution in [3.8, 4) is 22.8 Å². The molecule has 1 aliphatic heterocycles. The third-order valence-corrected chi connectivity index (χ3v) is 5.67. The van der Waals surface area contributed by atoms with Gasteiger partial charge in [0.25, 0.3) is 0 Å². The topological polar surface area (TPSA) is 139 Å². The first kappa shape index (κ1) is 22.3. The van der Waals surface area contributed by atoms with Crippen molar-refractivity contribution in [2.75, 3.05) is 20.8 Å². The Hall–Kier alpha value is -2.95. The summed E-state index contributed by atoms with van der Waals surface area (Å²) in [6, 6.07) is 11.3. The van der Waals surface area contributed by atoms with E-state index in [2.05, 4.69) is 0 Å². The van der Waals surface area contributed by atoms with Crippen LogP contribution in [-0.2, 0) is 4.74 Å². The van der Waals surface area contributed by atoms with Gasteiger partial charge in [0.1, 0.15) is 53.4 Å². The second kappa shape index (κ2) is 8.89. The fraction of sp³-hybridized carbons (Fsp3) is 0.348. The molecule has 9 nitrogen and oxygen atoms in total. The molecule has 0 aliphatic carbocycles. The standard InChI is InChI=1S/C23H24O9/c1-29-12-5-3-11(4-6-12)16-9-14(25)13-7-8-15(30-2)18(22(13)31-16)23-21(28)20(27)19(26)17(10-24)32-23/h3-9,17,19-21,23-24,26-28H,10H2,1-2H3/t17-,19-,20+,21-,23+/m1/s1. The molecule has 2 aromatic carbocycles. The van der Waals surface area contributed by atoms with Gasteiger partial charge >= 0.3 is 0 Å². The van der Waals surface area contributed by atoms with Crippen molar-refractivity contribution in [2.24, 2.45) is 0 Å². The minimum absolute atomic E-state index is 0.104. The molecule has 9 heteroatoms. The predicted molar refractivity (Wildman–Crippen MR) is 114 cm³/mol. The SMILES string of the molecule is COc1ccc(-c2cc(=O)c3ccc(OC)c([C@@H]4O[C@H](CO)[C@@H](O)[C@H](O)[C@H]4O)c3o2)cc1. The monoisotopic (exact) mass is 444 g/mol. The van der Waals surface area contributed by atoms with Crippen LogP contribution >= 0.6 is 0 Å². The Morgan fingerprint density at radius 3 is 2.28 bits per heavy atom. The first-order valence-corrected chi connectivity index (χ1v) is 9.99. The molecular weight excluding hydrogens is 420 g/mol. The van der Waals surface area contributed by atoms with Crippen LogP contribution < -0.4 is 14.9 Å². The minimum atomic E-state index is -1.60. The highest BCUT2D eigenvalue weighted by molar-refractivity contribution is 5.84. The second-order valence-electron chi connectivity index (χ2n) is 7.51.